The molecule has 0 aromatic carbocycles. The molecule has 0 amide bonds. The number of aryl methyl sites for hydroxylation is 1. The predicted molar refractivity (Wildman–Crippen MR) is 52.5 cm³/mol. The van der Waals surface area contributed by atoms with Crippen molar-refractivity contribution in [3.8, 4) is 0 Å². The molecule has 0 spiro atoms. The maximum absolute atomic E-state index is 6.04. The molecule has 0 saturated heterocycles. The van der Waals surface area contributed by atoms with Crippen molar-refractivity contribution in [2.75, 3.05) is 0 Å². The smallest absolute Gasteiger partial charge is 0.0700 e. The second kappa shape index (κ2) is 2.84. The molecule has 0 fully saturated rings. The lowest BCUT2D eigenvalue weighted by molar-refractivity contribution is 0.637. The third-order valence-electron chi connectivity index (χ3n) is 2.85. The fourth-order valence-electron chi connectivity index (χ4n) is 2.16. The molecule has 1 unspecified atom stereocenters. The van der Waals surface area contributed by atoms with E-state index in [0.29, 0.717) is 5.92 Å². The first-order chi connectivity index (χ1) is 6.11. The first kappa shape index (κ1) is 8.75. The summed E-state index contributed by atoms with van der Waals surface area (Å²) in [5.41, 5.74) is 9.90. The number of aromatic nitrogens is 2. The van der Waals surface area contributed by atoms with Crippen molar-refractivity contribution >= 4 is 0 Å². The van der Waals surface area contributed by atoms with Crippen molar-refractivity contribution in [1.82, 2.24) is 9.78 Å². The molecule has 3 nitrogen and oxygen atoms in total. The summed E-state index contributed by atoms with van der Waals surface area (Å²) in [5.74, 6) is 0.485. The molecule has 1 aromatic rings. The molecule has 0 aliphatic heterocycles. The van der Waals surface area contributed by atoms with Crippen LogP contribution in [0.5, 0.6) is 0 Å². The summed E-state index contributed by atoms with van der Waals surface area (Å²) in [4.78, 5) is 0. The topological polar surface area (TPSA) is 43.8 Å². The van der Waals surface area contributed by atoms with Gasteiger partial charge in [-0.05, 0) is 18.8 Å². The Labute approximate surface area is 78.9 Å². The van der Waals surface area contributed by atoms with Gasteiger partial charge in [-0.2, -0.15) is 5.10 Å². The minimum atomic E-state index is 0.223. The van der Waals surface area contributed by atoms with Gasteiger partial charge in [0.2, 0.25) is 0 Å². The minimum Gasteiger partial charge on any atom is -0.324 e. The molecular formula is C10H17N3. The van der Waals surface area contributed by atoms with Crippen LogP contribution in [0.3, 0.4) is 0 Å². The largest absolute Gasteiger partial charge is 0.324 e. The van der Waals surface area contributed by atoms with Crippen LogP contribution in [0.1, 0.15) is 49.2 Å². The molecule has 1 aliphatic rings. The Bertz CT molecular complexity index is 325. The standard InChI is InChI=1S/C10H17N3/c1-6(2)10-9-7(11)4-5-8(9)13(3)12-10/h6-7H,4-5,11H2,1-3H3. The maximum Gasteiger partial charge on any atom is 0.0700 e. The summed E-state index contributed by atoms with van der Waals surface area (Å²) in [6.45, 7) is 4.35. The summed E-state index contributed by atoms with van der Waals surface area (Å²) in [6.07, 6.45) is 2.17. The fraction of sp³-hybridized carbons (Fsp3) is 0.700. The molecule has 0 radical (unpaired) electrons. The van der Waals surface area contributed by atoms with E-state index in [0.717, 1.165) is 12.8 Å². The van der Waals surface area contributed by atoms with Gasteiger partial charge in [0, 0.05) is 24.3 Å². The highest BCUT2D eigenvalue weighted by Gasteiger charge is 2.28. The zero-order chi connectivity index (χ0) is 9.59. The average molecular weight is 179 g/mol. The van der Waals surface area contributed by atoms with Crippen LogP contribution < -0.4 is 5.73 Å². The van der Waals surface area contributed by atoms with Crippen LogP contribution in [0.4, 0.5) is 0 Å². The molecule has 0 bridgehead atoms. The van der Waals surface area contributed by atoms with E-state index < -0.39 is 0 Å². The van der Waals surface area contributed by atoms with E-state index >= 15 is 0 Å². The lowest BCUT2D eigenvalue weighted by Gasteiger charge is -2.07. The van der Waals surface area contributed by atoms with E-state index in [1.54, 1.807) is 0 Å². The zero-order valence-electron chi connectivity index (χ0n) is 8.54. The van der Waals surface area contributed by atoms with E-state index in [4.69, 9.17) is 5.73 Å². The number of fused-ring (bicyclic) bond motifs is 1. The molecule has 1 atom stereocenters. The van der Waals surface area contributed by atoms with Gasteiger partial charge >= 0.3 is 0 Å². The Balaban J connectivity index is 2.54. The van der Waals surface area contributed by atoms with Crippen molar-refractivity contribution in [3.63, 3.8) is 0 Å². The fourth-order valence-corrected chi connectivity index (χ4v) is 2.16. The van der Waals surface area contributed by atoms with Crippen LogP contribution >= 0.6 is 0 Å². The molecule has 0 saturated carbocycles. The van der Waals surface area contributed by atoms with Crippen LogP contribution in [-0.2, 0) is 13.5 Å². The quantitative estimate of drug-likeness (QED) is 0.709. The highest BCUT2D eigenvalue weighted by molar-refractivity contribution is 5.35. The van der Waals surface area contributed by atoms with Gasteiger partial charge in [-0.15, -0.1) is 0 Å². The minimum absolute atomic E-state index is 0.223. The summed E-state index contributed by atoms with van der Waals surface area (Å²) in [7, 11) is 2.02. The Morgan fingerprint density at radius 1 is 1.54 bits per heavy atom. The molecule has 2 rings (SSSR count). The van der Waals surface area contributed by atoms with Crippen LogP contribution in [0.2, 0.25) is 0 Å². The Morgan fingerprint density at radius 2 is 2.23 bits per heavy atom. The number of nitrogens with two attached hydrogens (primary N) is 1. The van der Waals surface area contributed by atoms with Gasteiger partial charge in [-0.1, -0.05) is 13.8 Å². The van der Waals surface area contributed by atoms with Crippen molar-refractivity contribution in [3.05, 3.63) is 17.0 Å². The van der Waals surface area contributed by atoms with Crippen LogP contribution in [0, 0.1) is 0 Å². The van der Waals surface area contributed by atoms with E-state index in [1.807, 2.05) is 11.7 Å². The second-order valence-corrected chi connectivity index (χ2v) is 4.17. The normalized spacial score (nSPS) is 21.2. The first-order valence-electron chi connectivity index (χ1n) is 4.92. The molecule has 13 heavy (non-hydrogen) atoms. The Kier molecular flexibility index (Phi) is 1.91. The third-order valence-corrected chi connectivity index (χ3v) is 2.85. The summed E-state index contributed by atoms with van der Waals surface area (Å²) < 4.78 is 2.00. The Hall–Kier alpha value is -0.830. The van der Waals surface area contributed by atoms with Crippen molar-refractivity contribution in [2.24, 2.45) is 12.8 Å². The molecule has 2 N–H and O–H groups in total. The molecule has 1 aromatic heterocycles. The van der Waals surface area contributed by atoms with Gasteiger partial charge < -0.3 is 5.73 Å². The SMILES string of the molecule is CC(C)c1nn(C)c2c1C(N)CC2. The van der Waals surface area contributed by atoms with E-state index in [-0.39, 0.29) is 6.04 Å². The molecule has 3 heteroatoms. The number of hydrogen-bond acceptors (Lipinski definition) is 2. The highest BCUT2D eigenvalue weighted by Crippen LogP contribution is 2.34. The van der Waals surface area contributed by atoms with Gasteiger partial charge in [0.25, 0.3) is 0 Å². The molecular weight excluding hydrogens is 162 g/mol. The average Bonchev–Trinajstić information content (AvgIpc) is 2.55. The van der Waals surface area contributed by atoms with Gasteiger partial charge in [0.05, 0.1) is 5.69 Å². The zero-order valence-corrected chi connectivity index (χ0v) is 8.54. The molecule has 1 aliphatic carbocycles. The molecule has 72 valence electrons. The van der Waals surface area contributed by atoms with Gasteiger partial charge in [0.15, 0.2) is 0 Å². The monoisotopic (exact) mass is 179 g/mol. The Morgan fingerprint density at radius 3 is 2.85 bits per heavy atom. The lowest BCUT2D eigenvalue weighted by atomic mass is 10.0. The van der Waals surface area contributed by atoms with Crippen LogP contribution in [0.25, 0.3) is 0 Å². The summed E-state index contributed by atoms with van der Waals surface area (Å²) in [5, 5.41) is 4.52. The predicted octanol–water partition coefficient (Wildman–Crippen LogP) is 1.49. The van der Waals surface area contributed by atoms with Gasteiger partial charge in [-0.25, -0.2) is 0 Å². The van der Waals surface area contributed by atoms with E-state index in [9.17, 15) is 0 Å². The maximum atomic E-state index is 6.04. The summed E-state index contributed by atoms with van der Waals surface area (Å²) in [6, 6.07) is 0.223. The third kappa shape index (κ3) is 1.18. The lowest BCUT2D eigenvalue weighted by Crippen LogP contribution is -2.08. The van der Waals surface area contributed by atoms with Gasteiger partial charge in [0.1, 0.15) is 0 Å². The number of hydrogen-bond donors (Lipinski definition) is 1. The van der Waals surface area contributed by atoms with Crippen LogP contribution in [-0.4, -0.2) is 9.78 Å². The molecule has 1 heterocycles. The van der Waals surface area contributed by atoms with Crippen LogP contribution in [0.15, 0.2) is 0 Å². The number of nitrogens with zero attached hydrogens (tertiary/aromatic N) is 2. The van der Waals surface area contributed by atoms with E-state index in [1.165, 1.54) is 17.0 Å². The number of rotatable bonds is 1. The first-order valence-corrected chi connectivity index (χ1v) is 4.92. The van der Waals surface area contributed by atoms with Crippen molar-refractivity contribution < 1.29 is 0 Å². The summed E-state index contributed by atoms with van der Waals surface area (Å²) >= 11 is 0. The second-order valence-electron chi connectivity index (χ2n) is 4.17. The van der Waals surface area contributed by atoms with Crippen molar-refractivity contribution in [2.45, 2.75) is 38.6 Å². The highest BCUT2D eigenvalue weighted by atomic mass is 15.3. The van der Waals surface area contributed by atoms with E-state index in [2.05, 4.69) is 18.9 Å². The van der Waals surface area contributed by atoms with Gasteiger partial charge in [-0.3, -0.25) is 4.68 Å². The van der Waals surface area contributed by atoms with Crippen molar-refractivity contribution in [1.29, 1.82) is 0 Å².